The van der Waals surface area contributed by atoms with Crippen LogP contribution in [0.3, 0.4) is 0 Å². The summed E-state index contributed by atoms with van der Waals surface area (Å²) < 4.78 is 11.8. The molecule has 0 aliphatic carbocycles. The highest BCUT2D eigenvalue weighted by molar-refractivity contribution is 6.10. The molecule has 0 saturated carbocycles. The van der Waals surface area contributed by atoms with Crippen molar-refractivity contribution in [3.05, 3.63) is 155 Å². The van der Waals surface area contributed by atoms with Gasteiger partial charge < -0.3 is 9.47 Å². The SMILES string of the molecule is CCc1ccc(Oc2ccc(C(=O)c3ccc(Oc4ccc(C(=O)c5ccc(C(C)=O)cc5)cc4)cc3)cc2)cc1. The first-order chi connectivity index (χ1) is 19.9. The summed E-state index contributed by atoms with van der Waals surface area (Å²) in [5.74, 6) is 2.25. The molecule has 0 atom stereocenters. The molecular weight excluding hydrogens is 512 g/mol. The number of Topliss-reactive ketones (excluding diaryl/α,β-unsaturated/α-hetero) is 1. The molecule has 0 saturated heterocycles. The van der Waals surface area contributed by atoms with Gasteiger partial charge in [-0.15, -0.1) is 0 Å². The van der Waals surface area contributed by atoms with Crippen LogP contribution in [0.2, 0.25) is 0 Å². The van der Waals surface area contributed by atoms with E-state index in [4.69, 9.17) is 9.47 Å². The summed E-state index contributed by atoms with van der Waals surface area (Å²) in [6, 6.07) is 35.4. The fourth-order valence-electron chi connectivity index (χ4n) is 4.28. The van der Waals surface area contributed by atoms with Crippen molar-refractivity contribution < 1.29 is 23.9 Å². The number of ether oxygens (including phenoxy) is 2. The Hall–Kier alpha value is -5.29. The minimum absolute atomic E-state index is 0.0449. The standard InChI is InChI=1S/C36H28O5/c1-3-25-4-16-31(17-5-25)40-32-18-12-29(13-19-32)36(39)30-14-22-34(23-15-30)41-33-20-10-28(11-21-33)35(38)27-8-6-26(7-9-27)24(2)37/h4-23H,3H2,1-2H3. The monoisotopic (exact) mass is 540 g/mol. The molecule has 0 aromatic heterocycles. The topological polar surface area (TPSA) is 69.7 Å². The molecule has 5 aromatic rings. The van der Waals surface area contributed by atoms with Crippen molar-refractivity contribution in [3.8, 4) is 23.0 Å². The summed E-state index contributed by atoms with van der Waals surface area (Å²) in [5, 5.41) is 0. The smallest absolute Gasteiger partial charge is 0.193 e. The molecule has 0 radical (unpaired) electrons. The molecule has 5 nitrogen and oxygen atoms in total. The highest BCUT2D eigenvalue weighted by Gasteiger charge is 2.12. The molecule has 0 heterocycles. The zero-order valence-corrected chi connectivity index (χ0v) is 22.8. The van der Waals surface area contributed by atoms with Crippen LogP contribution in [-0.2, 0) is 6.42 Å². The molecule has 0 N–H and O–H groups in total. The number of benzene rings is 5. The third-order valence-electron chi connectivity index (χ3n) is 6.71. The van der Waals surface area contributed by atoms with E-state index in [1.165, 1.54) is 12.5 Å². The van der Waals surface area contributed by atoms with Crippen LogP contribution in [0, 0.1) is 0 Å². The van der Waals surface area contributed by atoms with E-state index in [1.54, 1.807) is 97.1 Å². The maximum Gasteiger partial charge on any atom is 0.193 e. The van der Waals surface area contributed by atoms with Crippen molar-refractivity contribution in [2.75, 3.05) is 0 Å². The predicted molar refractivity (Wildman–Crippen MR) is 159 cm³/mol. The molecule has 0 bridgehead atoms. The maximum absolute atomic E-state index is 13.0. The molecule has 0 amide bonds. The maximum atomic E-state index is 13.0. The number of hydrogen-bond acceptors (Lipinski definition) is 5. The molecule has 5 rings (SSSR count). The van der Waals surface area contributed by atoms with Gasteiger partial charge in [0.15, 0.2) is 17.3 Å². The fourth-order valence-corrected chi connectivity index (χ4v) is 4.28. The lowest BCUT2D eigenvalue weighted by Gasteiger charge is -2.09. The third-order valence-corrected chi connectivity index (χ3v) is 6.71. The zero-order chi connectivity index (χ0) is 28.8. The van der Waals surface area contributed by atoms with Crippen LogP contribution in [0.5, 0.6) is 23.0 Å². The number of aryl methyl sites for hydroxylation is 1. The average Bonchev–Trinajstić information content (AvgIpc) is 3.02. The lowest BCUT2D eigenvalue weighted by molar-refractivity contribution is 0.101. The highest BCUT2D eigenvalue weighted by Crippen LogP contribution is 2.26. The Morgan fingerprint density at radius 2 is 0.707 bits per heavy atom. The van der Waals surface area contributed by atoms with Gasteiger partial charge in [-0.1, -0.05) is 43.3 Å². The quantitative estimate of drug-likeness (QED) is 0.166. The van der Waals surface area contributed by atoms with Crippen LogP contribution in [0.1, 0.15) is 61.6 Å². The third kappa shape index (κ3) is 6.65. The van der Waals surface area contributed by atoms with Crippen molar-refractivity contribution in [1.82, 2.24) is 0 Å². The van der Waals surface area contributed by atoms with E-state index in [0.29, 0.717) is 45.1 Å². The Balaban J connectivity index is 1.19. The molecule has 5 heteroatoms. The Morgan fingerprint density at radius 1 is 0.439 bits per heavy atom. The Labute approximate surface area is 239 Å². The Kier molecular flexibility index (Phi) is 8.16. The van der Waals surface area contributed by atoms with Crippen molar-refractivity contribution in [2.24, 2.45) is 0 Å². The van der Waals surface area contributed by atoms with Crippen molar-refractivity contribution in [3.63, 3.8) is 0 Å². The number of hydrogen-bond donors (Lipinski definition) is 0. The first-order valence-corrected chi connectivity index (χ1v) is 13.3. The summed E-state index contributed by atoms with van der Waals surface area (Å²) in [6.45, 7) is 3.60. The highest BCUT2D eigenvalue weighted by atomic mass is 16.5. The van der Waals surface area contributed by atoms with Crippen molar-refractivity contribution in [2.45, 2.75) is 20.3 Å². The molecule has 41 heavy (non-hydrogen) atoms. The van der Waals surface area contributed by atoms with E-state index in [2.05, 4.69) is 6.92 Å². The van der Waals surface area contributed by atoms with E-state index in [-0.39, 0.29) is 17.3 Å². The van der Waals surface area contributed by atoms with Crippen molar-refractivity contribution >= 4 is 17.3 Å². The van der Waals surface area contributed by atoms with Crippen LogP contribution in [0.15, 0.2) is 121 Å². The predicted octanol–water partition coefficient (Wildman–Crippen LogP) is 8.50. The van der Waals surface area contributed by atoms with Gasteiger partial charge >= 0.3 is 0 Å². The molecule has 0 fully saturated rings. The number of carbonyl (C=O) groups is 3. The Morgan fingerprint density at radius 3 is 1.00 bits per heavy atom. The summed E-state index contributed by atoms with van der Waals surface area (Å²) in [6.07, 6.45) is 0.973. The van der Waals surface area contributed by atoms with Gasteiger partial charge in [0, 0.05) is 27.8 Å². The first-order valence-electron chi connectivity index (χ1n) is 13.3. The van der Waals surface area contributed by atoms with Crippen molar-refractivity contribution in [1.29, 1.82) is 0 Å². The van der Waals surface area contributed by atoms with Gasteiger partial charge in [0.05, 0.1) is 0 Å². The van der Waals surface area contributed by atoms with E-state index >= 15 is 0 Å². The Bertz CT molecular complexity index is 1660. The molecular formula is C36H28O5. The number of carbonyl (C=O) groups excluding carboxylic acids is 3. The van der Waals surface area contributed by atoms with Gasteiger partial charge in [-0.2, -0.15) is 0 Å². The minimum atomic E-state index is -0.139. The van der Waals surface area contributed by atoms with E-state index < -0.39 is 0 Å². The second-order valence-corrected chi connectivity index (χ2v) is 9.57. The summed E-state index contributed by atoms with van der Waals surface area (Å²) >= 11 is 0. The molecule has 0 aliphatic rings. The lowest BCUT2D eigenvalue weighted by atomic mass is 10.0. The van der Waals surface area contributed by atoms with Crippen LogP contribution in [-0.4, -0.2) is 17.3 Å². The van der Waals surface area contributed by atoms with Crippen LogP contribution in [0.4, 0.5) is 0 Å². The van der Waals surface area contributed by atoms with Crippen LogP contribution in [0.25, 0.3) is 0 Å². The van der Waals surface area contributed by atoms with Gasteiger partial charge in [0.2, 0.25) is 0 Å². The summed E-state index contributed by atoms with van der Waals surface area (Å²) in [4.78, 5) is 37.2. The molecule has 202 valence electrons. The largest absolute Gasteiger partial charge is 0.457 e. The number of ketones is 3. The summed E-state index contributed by atoms with van der Waals surface area (Å²) in [5.41, 5.74) is 3.93. The number of rotatable bonds is 10. The summed E-state index contributed by atoms with van der Waals surface area (Å²) in [7, 11) is 0. The molecule has 0 unspecified atom stereocenters. The van der Waals surface area contributed by atoms with Gasteiger partial charge in [-0.3, -0.25) is 14.4 Å². The van der Waals surface area contributed by atoms with Gasteiger partial charge in [-0.25, -0.2) is 0 Å². The second kappa shape index (κ2) is 12.3. The average molecular weight is 541 g/mol. The lowest BCUT2D eigenvalue weighted by Crippen LogP contribution is -2.02. The zero-order valence-electron chi connectivity index (χ0n) is 22.8. The van der Waals surface area contributed by atoms with Gasteiger partial charge in [-0.05, 0) is 104 Å². The van der Waals surface area contributed by atoms with Crippen LogP contribution < -0.4 is 9.47 Å². The molecule has 5 aromatic carbocycles. The van der Waals surface area contributed by atoms with Gasteiger partial charge in [0.1, 0.15) is 23.0 Å². The molecule has 0 spiro atoms. The van der Waals surface area contributed by atoms with E-state index in [1.807, 2.05) is 24.3 Å². The normalized spacial score (nSPS) is 10.6. The second-order valence-electron chi connectivity index (χ2n) is 9.57. The first kappa shape index (κ1) is 27.3. The van der Waals surface area contributed by atoms with E-state index in [0.717, 1.165) is 12.2 Å². The van der Waals surface area contributed by atoms with Gasteiger partial charge in [0.25, 0.3) is 0 Å². The minimum Gasteiger partial charge on any atom is -0.457 e. The fraction of sp³-hybridized carbons (Fsp3) is 0.0833. The molecule has 0 aliphatic heterocycles. The van der Waals surface area contributed by atoms with Crippen LogP contribution >= 0.6 is 0 Å². The van der Waals surface area contributed by atoms with E-state index in [9.17, 15) is 14.4 Å².